The first kappa shape index (κ1) is 18.5. The summed E-state index contributed by atoms with van der Waals surface area (Å²) in [6, 6.07) is 4.70. The van der Waals surface area contributed by atoms with Crippen LogP contribution in [0.1, 0.15) is 44.6 Å². The summed E-state index contributed by atoms with van der Waals surface area (Å²) < 4.78 is 0. The molecule has 6 heteroatoms. The number of hydrogen-bond acceptors (Lipinski definition) is 2. The number of carbonyl (C=O) groups excluding carboxylic acids is 1. The Morgan fingerprint density at radius 3 is 2.68 bits per heavy atom. The van der Waals surface area contributed by atoms with E-state index in [4.69, 9.17) is 28.9 Å². The topological polar surface area (TPSA) is 67.5 Å². The molecule has 22 heavy (non-hydrogen) atoms. The van der Waals surface area contributed by atoms with Crippen LogP contribution in [0.2, 0.25) is 10.0 Å². The lowest BCUT2D eigenvalue weighted by atomic mass is 10.1. The predicted molar refractivity (Wildman–Crippen MR) is 94.4 cm³/mol. The largest absolute Gasteiger partial charge is 0.350 e. The number of urea groups is 1. The van der Waals surface area contributed by atoms with E-state index in [1.165, 1.54) is 12.8 Å². The van der Waals surface area contributed by atoms with Crippen LogP contribution in [0.3, 0.4) is 0 Å². The normalized spacial score (nSPS) is 11.9. The third-order valence-electron chi connectivity index (χ3n) is 3.01. The van der Waals surface area contributed by atoms with Gasteiger partial charge in [-0.3, -0.25) is 0 Å². The van der Waals surface area contributed by atoms with Crippen LogP contribution in [0.5, 0.6) is 0 Å². The molecule has 0 spiro atoms. The smallest absolute Gasteiger partial charge is 0.332 e. The lowest BCUT2D eigenvalue weighted by Gasteiger charge is -2.03. The lowest BCUT2D eigenvalue weighted by molar-refractivity contribution is 0.249. The molecule has 3 N–H and O–H groups in total. The van der Waals surface area contributed by atoms with E-state index in [0.29, 0.717) is 10.0 Å². The van der Waals surface area contributed by atoms with Crippen LogP contribution in [-0.2, 0) is 0 Å². The van der Waals surface area contributed by atoms with E-state index in [2.05, 4.69) is 17.5 Å². The number of hydrogen-bond donors (Lipinski definition) is 2. The highest BCUT2D eigenvalue weighted by molar-refractivity contribution is 6.42. The van der Waals surface area contributed by atoms with Crippen LogP contribution in [0, 0.1) is 0 Å². The summed E-state index contributed by atoms with van der Waals surface area (Å²) in [7, 11) is 0. The van der Waals surface area contributed by atoms with Crippen molar-refractivity contribution >= 4 is 41.0 Å². The van der Waals surface area contributed by atoms with Gasteiger partial charge in [-0.1, -0.05) is 61.5 Å². The van der Waals surface area contributed by atoms with Crippen LogP contribution in [-0.4, -0.2) is 11.7 Å². The molecule has 0 saturated heterocycles. The summed E-state index contributed by atoms with van der Waals surface area (Å²) >= 11 is 11.9. The molecule has 0 heterocycles. The van der Waals surface area contributed by atoms with Crippen molar-refractivity contribution in [1.29, 1.82) is 0 Å². The number of allylic oxidation sites excluding steroid dienone is 1. The van der Waals surface area contributed by atoms with E-state index in [1.807, 2.05) is 18.2 Å². The van der Waals surface area contributed by atoms with Gasteiger partial charge in [-0.25, -0.2) is 10.2 Å². The maximum atomic E-state index is 10.8. The van der Waals surface area contributed by atoms with Gasteiger partial charge in [0.05, 0.1) is 15.8 Å². The summed E-state index contributed by atoms with van der Waals surface area (Å²) in [5, 5.41) is 5.04. The fourth-order valence-electron chi connectivity index (χ4n) is 1.84. The fraction of sp³-hybridized carbons (Fsp3) is 0.375. The molecule has 120 valence electrons. The van der Waals surface area contributed by atoms with Crippen molar-refractivity contribution in [3.05, 3.63) is 39.9 Å². The number of amides is 2. The number of nitrogens with two attached hydrogens (primary N) is 1. The first-order valence-electron chi connectivity index (χ1n) is 7.28. The number of rotatable bonds is 8. The van der Waals surface area contributed by atoms with Crippen molar-refractivity contribution in [2.24, 2.45) is 10.8 Å². The zero-order valence-electron chi connectivity index (χ0n) is 12.6. The number of unbranched alkanes of at least 4 members (excludes halogenated alkanes) is 3. The summed E-state index contributed by atoms with van der Waals surface area (Å²) in [5.41, 5.74) is 9.00. The molecule has 1 aromatic carbocycles. The maximum Gasteiger partial charge on any atom is 0.332 e. The Morgan fingerprint density at radius 2 is 2.05 bits per heavy atom. The highest BCUT2D eigenvalue weighted by Gasteiger charge is 2.00. The molecule has 2 amide bonds. The number of halogens is 2. The van der Waals surface area contributed by atoms with Gasteiger partial charge in [0.2, 0.25) is 0 Å². The monoisotopic (exact) mass is 341 g/mol. The molecule has 0 aliphatic rings. The van der Waals surface area contributed by atoms with Gasteiger partial charge in [-0.2, -0.15) is 5.10 Å². The fourth-order valence-corrected chi connectivity index (χ4v) is 2.15. The number of carbonyl (C=O) groups is 1. The molecule has 1 aromatic rings. The average molecular weight is 342 g/mol. The van der Waals surface area contributed by atoms with Gasteiger partial charge in [0, 0.05) is 0 Å². The number of benzene rings is 1. The van der Waals surface area contributed by atoms with Gasteiger partial charge in [-0.15, -0.1) is 0 Å². The van der Waals surface area contributed by atoms with Gasteiger partial charge < -0.3 is 5.73 Å². The Hall–Kier alpha value is -1.52. The lowest BCUT2D eigenvalue weighted by Crippen LogP contribution is -2.25. The molecule has 0 atom stereocenters. The Bertz CT molecular complexity index is 556. The number of nitrogens with one attached hydrogen (secondary N) is 1. The molecule has 0 radical (unpaired) electrons. The zero-order valence-corrected chi connectivity index (χ0v) is 14.1. The standard InChI is InChI=1S/C16H21Cl2N3O/c1-2-3-4-5-6-13(20-21-16(19)22)9-7-12-8-10-14(17)15(18)11-12/h7-11H,2-6H2,1H3,(H3,19,21,22). The third-order valence-corrected chi connectivity index (χ3v) is 3.75. The van der Waals surface area contributed by atoms with Crippen LogP contribution in [0.4, 0.5) is 4.79 Å². The third kappa shape index (κ3) is 7.48. The van der Waals surface area contributed by atoms with Crippen molar-refractivity contribution < 1.29 is 4.79 Å². The minimum absolute atomic E-state index is 0.500. The minimum atomic E-state index is -0.672. The van der Waals surface area contributed by atoms with Gasteiger partial charge in [0.15, 0.2) is 0 Å². The van der Waals surface area contributed by atoms with Crippen LogP contribution >= 0.6 is 23.2 Å². The van der Waals surface area contributed by atoms with Crippen LogP contribution < -0.4 is 11.2 Å². The molecule has 0 bridgehead atoms. The Morgan fingerprint density at radius 1 is 1.27 bits per heavy atom. The van der Waals surface area contributed by atoms with Crippen LogP contribution in [0.25, 0.3) is 6.08 Å². The first-order chi connectivity index (χ1) is 10.5. The van der Waals surface area contributed by atoms with Crippen LogP contribution in [0.15, 0.2) is 29.4 Å². The van der Waals surface area contributed by atoms with E-state index in [9.17, 15) is 4.79 Å². The molecule has 1 rings (SSSR count). The summed E-state index contributed by atoms with van der Waals surface area (Å²) in [6.07, 6.45) is 9.01. The van der Waals surface area contributed by atoms with Crippen molar-refractivity contribution in [2.75, 3.05) is 0 Å². The van der Waals surface area contributed by atoms with E-state index >= 15 is 0 Å². The molecule has 0 aliphatic carbocycles. The molecule has 0 aromatic heterocycles. The highest BCUT2D eigenvalue weighted by Crippen LogP contribution is 2.23. The maximum absolute atomic E-state index is 10.8. The Labute approximate surface area is 141 Å². The SMILES string of the molecule is CCCCCCC(C=Cc1ccc(Cl)c(Cl)c1)=NNC(N)=O. The average Bonchev–Trinajstić information content (AvgIpc) is 2.48. The minimum Gasteiger partial charge on any atom is -0.350 e. The summed E-state index contributed by atoms with van der Waals surface area (Å²) in [4.78, 5) is 10.8. The predicted octanol–water partition coefficient (Wildman–Crippen LogP) is 5.00. The van der Waals surface area contributed by atoms with E-state index in [1.54, 1.807) is 12.1 Å². The van der Waals surface area contributed by atoms with Gasteiger partial charge >= 0.3 is 6.03 Å². The molecule has 0 fully saturated rings. The van der Waals surface area contributed by atoms with Crippen molar-refractivity contribution in [3.63, 3.8) is 0 Å². The number of primary amides is 1. The second-order valence-electron chi connectivity index (χ2n) is 4.90. The molecule has 0 saturated carbocycles. The van der Waals surface area contributed by atoms with Gasteiger partial charge in [0.1, 0.15) is 0 Å². The molecular weight excluding hydrogens is 321 g/mol. The van der Waals surface area contributed by atoms with Crippen molar-refractivity contribution in [2.45, 2.75) is 39.0 Å². The number of nitrogens with zero attached hydrogens (tertiary/aromatic N) is 1. The second kappa shape index (κ2) is 10.2. The molecule has 0 aliphatic heterocycles. The summed E-state index contributed by atoms with van der Waals surface area (Å²) in [6.45, 7) is 2.16. The van der Waals surface area contributed by atoms with E-state index in [-0.39, 0.29) is 0 Å². The molecular formula is C16H21Cl2N3O. The van der Waals surface area contributed by atoms with Gasteiger partial charge in [-0.05, 0) is 36.6 Å². The number of hydrazone groups is 1. The Kier molecular flexibility index (Phi) is 8.63. The molecule has 4 nitrogen and oxygen atoms in total. The zero-order chi connectivity index (χ0) is 16.4. The van der Waals surface area contributed by atoms with Gasteiger partial charge in [0.25, 0.3) is 0 Å². The van der Waals surface area contributed by atoms with E-state index in [0.717, 1.165) is 30.5 Å². The summed E-state index contributed by atoms with van der Waals surface area (Å²) in [5.74, 6) is 0. The highest BCUT2D eigenvalue weighted by atomic mass is 35.5. The van der Waals surface area contributed by atoms with Crippen molar-refractivity contribution in [1.82, 2.24) is 5.43 Å². The van der Waals surface area contributed by atoms with Crippen molar-refractivity contribution in [3.8, 4) is 0 Å². The Balaban J connectivity index is 2.72. The first-order valence-corrected chi connectivity index (χ1v) is 8.03. The molecule has 0 unspecified atom stereocenters. The second-order valence-corrected chi connectivity index (χ2v) is 5.71. The quantitative estimate of drug-likeness (QED) is 0.390. The van der Waals surface area contributed by atoms with E-state index < -0.39 is 6.03 Å².